The summed E-state index contributed by atoms with van der Waals surface area (Å²) < 4.78 is 10.0. The Morgan fingerprint density at radius 2 is 0.964 bits per heavy atom. The Balaban J connectivity index is 0.000000280. The maximum atomic E-state index is 5.85. The lowest BCUT2D eigenvalue weighted by atomic mass is 10.1. The van der Waals surface area contributed by atoms with Gasteiger partial charge < -0.3 is 30.7 Å². The van der Waals surface area contributed by atoms with Gasteiger partial charge in [0.05, 0.1) is 0 Å². The third-order valence-electron chi connectivity index (χ3n) is 5.91. The van der Waals surface area contributed by atoms with Crippen molar-refractivity contribution in [2.45, 2.75) is 76.3 Å². The molecule has 4 N–H and O–H groups in total. The van der Waals surface area contributed by atoms with Crippen molar-refractivity contribution in [1.29, 1.82) is 0 Å². The molecule has 0 radical (unpaired) electrons. The van der Waals surface area contributed by atoms with E-state index < -0.39 is 0 Å². The Hall–Kier alpha value is -0.240. The second-order valence-corrected chi connectivity index (χ2v) is 8.47. The number of nitrogens with two attached hydrogens (primary N) is 2. The molecule has 0 aliphatic carbocycles. The summed E-state index contributed by atoms with van der Waals surface area (Å²) >= 11 is 0. The highest BCUT2D eigenvalue weighted by atomic mass is 16.5. The highest BCUT2D eigenvalue weighted by Crippen LogP contribution is 2.10. The zero-order valence-corrected chi connectivity index (χ0v) is 18.7. The molecule has 2 saturated heterocycles. The van der Waals surface area contributed by atoms with Crippen LogP contribution in [0.1, 0.15) is 64.2 Å². The summed E-state index contributed by atoms with van der Waals surface area (Å²) in [5, 5.41) is 0. The smallest absolute Gasteiger partial charge is 0.0462 e. The Kier molecular flexibility index (Phi) is 16.2. The number of ether oxygens (including phenoxy) is 2. The Bertz CT molecular complexity index is 298. The monoisotopic (exact) mass is 400 g/mol. The largest absolute Gasteiger partial charge is 0.385 e. The first-order chi connectivity index (χ1) is 13.7. The normalized spacial score (nSPS) is 20.1. The van der Waals surface area contributed by atoms with Gasteiger partial charge in [0, 0.05) is 39.5 Å². The van der Waals surface area contributed by atoms with E-state index in [-0.39, 0.29) is 0 Å². The summed E-state index contributed by atoms with van der Waals surface area (Å²) in [5.41, 5.74) is 11.7. The van der Waals surface area contributed by atoms with E-state index in [1.165, 1.54) is 103 Å². The van der Waals surface area contributed by atoms with Gasteiger partial charge in [0.25, 0.3) is 0 Å². The van der Waals surface area contributed by atoms with E-state index in [1.54, 1.807) is 14.2 Å². The molecule has 2 heterocycles. The summed E-state index contributed by atoms with van der Waals surface area (Å²) in [4.78, 5) is 5.08. The molecule has 0 saturated carbocycles. The molecule has 2 aliphatic heterocycles. The van der Waals surface area contributed by atoms with E-state index in [9.17, 15) is 0 Å². The lowest BCUT2D eigenvalue weighted by Crippen LogP contribution is -2.40. The fraction of sp³-hybridized carbons (Fsp3) is 1.00. The fourth-order valence-electron chi connectivity index (χ4n) is 3.87. The number of hydrogen-bond acceptors (Lipinski definition) is 6. The molecule has 6 nitrogen and oxygen atoms in total. The van der Waals surface area contributed by atoms with Gasteiger partial charge in [-0.15, -0.1) is 0 Å². The number of hydrogen-bond donors (Lipinski definition) is 2. The van der Waals surface area contributed by atoms with E-state index in [4.69, 9.17) is 20.9 Å². The fourth-order valence-corrected chi connectivity index (χ4v) is 3.87. The Morgan fingerprint density at radius 3 is 1.29 bits per heavy atom. The van der Waals surface area contributed by atoms with E-state index in [1.807, 2.05) is 0 Å². The highest BCUT2D eigenvalue weighted by Gasteiger charge is 2.15. The quantitative estimate of drug-likeness (QED) is 0.490. The molecule has 0 atom stereocenters. The maximum absolute atomic E-state index is 5.85. The van der Waals surface area contributed by atoms with Gasteiger partial charge in [0.2, 0.25) is 0 Å². The molecule has 6 heteroatoms. The molecule has 28 heavy (non-hydrogen) atoms. The van der Waals surface area contributed by atoms with Crippen LogP contribution in [0.15, 0.2) is 0 Å². The molecule has 0 spiro atoms. The van der Waals surface area contributed by atoms with Crippen LogP contribution < -0.4 is 11.5 Å². The van der Waals surface area contributed by atoms with Crippen LogP contribution in [-0.2, 0) is 9.47 Å². The minimum Gasteiger partial charge on any atom is -0.385 e. The van der Waals surface area contributed by atoms with E-state index in [2.05, 4.69) is 9.80 Å². The molecular formula is C22H48N4O2. The second-order valence-electron chi connectivity index (χ2n) is 8.47. The molecular weight excluding hydrogens is 352 g/mol. The van der Waals surface area contributed by atoms with Crippen molar-refractivity contribution in [3.05, 3.63) is 0 Å². The SMILES string of the molecule is COCCCCCN1CCC(N)CC1.COCCCCCN1CCC(N)CC1. The third kappa shape index (κ3) is 13.9. The van der Waals surface area contributed by atoms with Gasteiger partial charge in [-0.3, -0.25) is 0 Å². The molecule has 2 fully saturated rings. The predicted octanol–water partition coefficient (Wildman–Crippen LogP) is 2.45. The van der Waals surface area contributed by atoms with Crippen molar-refractivity contribution in [3.63, 3.8) is 0 Å². The minimum absolute atomic E-state index is 0.458. The lowest BCUT2D eigenvalue weighted by Gasteiger charge is -2.29. The van der Waals surface area contributed by atoms with Crippen LogP contribution in [0.2, 0.25) is 0 Å². The zero-order valence-electron chi connectivity index (χ0n) is 18.7. The number of unbranched alkanes of at least 4 members (excludes halogenated alkanes) is 4. The van der Waals surface area contributed by atoms with Crippen LogP contribution in [0.4, 0.5) is 0 Å². The molecule has 0 amide bonds. The van der Waals surface area contributed by atoms with Crippen LogP contribution in [0.25, 0.3) is 0 Å². The first-order valence-electron chi connectivity index (χ1n) is 11.6. The zero-order chi connectivity index (χ0) is 20.5. The van der Waals surface area contributed by atoms with Gasteiger partial charge in [-0.05, 0) is 103 Å². The van der Waals surface area contributed by atoms with Crippen molar-refractivity contribution < 1.29 is 9.47 Å². The number of methoxy groups -OCH3 is 2. The average Bonchev–Trinajstić information content (AvgIpc) is 2.71. The third-order valence-corrected chi connectivity index (χ3v) is 5.91. The first kappa shape index (κ1) is 25.8. The van der Waals surface area contributed by atoms with E-state index in [0.717, 1.165) is 13.2 Å². The van der Waals surface area contributed by atoms with Crippen LogP contribution in [-0.4, -0.2) is 88.6 Å². The van der Waals surface area contributed by atoms with E-state index >= 15 is 0 Å². The Labute approximate surface area is 174 Å². The topological polar surface area (TPSA) is 77.0 Å². The Morgan fingerprint density at radius 1 is 0.607 bits per heavy atom. The summed E-state index contributed by atoms with van der Waals surface area (Å²) in [7, 11) is 3.54. The van der Waals surface area contributed by atoms with Crippen LogP contribution in [0.5, 0.6) is 0 Å². The van der Waals surface area contributed by atoms with Crippen molar-refractivity contribution in [2.75, 3.05) is 66.7 Å². The number of likely N-dealkylation sites (tertiary alicyclic amines) is 2. The van der Waals surface area contributed by atoms with Crippen LogP contribution in [0, 0.1) is 0 Å². The van der Waals surface area contributed by atoms with Crippen LogP contribution in [0.3, 0.4) is 0 Å². The molecule has 2 rings (SSSR count). The van der Waals surface area contributed by atoms with E-state index in [0.29, 0.717) is 12.1 Å². The van der Waals surface area contributed by atoms with Crippen molar-refractivity contribution in [1.82, 2.24) is 9.80 Å². The van der Waals surface area contributed by atoms with Crippen molar-refractivity contribution in [2.24, 2.45) is 11.5 Å². The maximum Gasteiger partial charge on any atom is 0.0462 e. The van der Waals surface area contributed by atoms with Crippen LogP contribution >= 0.6 is 0 Å². The second kappa shape index (κ2) is 17.6. The molecule has 0 aromatic carbocycles. The number of nitrogens with zero attached hydrogens (tertiary/aromatic N) is 2. The summed E-state index contributed by atoms with van der Waals surface area (Å²) in [6, 6.07) is 0.916. The van der Waals surface area contributed by atoms with Gasteiger partial charge in [-0.2, -0.15) is 0 Å². The predicted molar refractivity (Wildman–Crippen MR) is 119 cm³/mol. The number of rotatable bonds is 12. The molecule has 168 valence electrons. The van der Waals surface area contributed by atoms with Gasteiger partial charge in [-0.1, -0.05) is 0 Å². The molecule has 0 aromatic rings. The van der Waals surface area contributed by atoms with Gasteiger partial charge in [0.15, 0.2) is 0 Å². The standard InChI is InChI=1S/2C11H24N2O/c2*1-14-10-4-2-3-7-13-8-5-11(12)6-9-13/h2*11H,2-10,12H2,1H3. The average molecular weight is 401 g/mol. The molecule has 0 bridgehead atoms. The summed E-state index contributed by atoms with van der Waals surface area (Å²) in [6.07, 6.45) is 12.3. The number of piperidine rings is 2. The highest BCUT2D eigenvalue weighted by molar-refractivity contribution is 4.74. The van der Waals surface area contributed by atoms with Crippen molar-refractivity contribution in [3.8, 4) is 0 Å². The van der Waals surface area contributed by atoms with Gasteiger partial charge in [-0.25, -0.2) is 0 Å². The molecule has 0 aromatic heterocycles. The minimum atomic E-state index is 0.458. The summed E-state index contributed by atoms with van der Waals surface area (Å²) in [6.45, 7) is 9.11. The van der Waals surface area contributed by atoms with Gasteiger partial charge >= 0.3 is 0 Å². The van der Waals surface area contributed by atoms with Crippen molar-refractivity contribution >= 4 is 0 Å². The van der Waals surface area contributed by atoms with Gasteiger partial charge in [0.1, 0.15) is 0 Å². The lowest BCUT2D eigenvalue weighted by molar-refractivity contribution is 0.183. The molecule has 2 aliphatic rings. The first-order valence-corrected chi connectivity index (χ1v) is 11.6. The summed E-state index contributed by atoms with van der Waals surface area (Å²) in [5.74, 6) is 0. The molecule has 0 unspecified atom stereocenters.